The number of ether oxygens (including phenoxy) is 3. The summed E-state index contributed by atoms with van der Waals surface area (Å²) < 4.78 is 22.0. The lowest BCUT2D eigenvalue weighted by Crippen LogP contribution is -2.56. The molecule has 1 saturated heterocycles. The molecule has 1 aromatic carbocycles. The normalized spacial score (nSPS) is 26.1. The van der Waals surface area contributed by atoms with Crippen molar-refractivity contribution in [3.63, 3.8) is 0 Å². The van der Waals surface area contributed by atoms with E-state index in [0.717, 1.165) is 31.2 Å². The highest BCUT2D eigenvalue weighted by Gasteiger charge is 2.50. The smallest absolute Gasteiger partial charge is 0.290 e. The molecule has 1 saturated carbocycles. The number of likely N-dealkylation sites (tertiary alicyclic amines) is 1. The van der Waals surface area contributed by atoms with Crippen LogP contribution in [0.3, 0.4) is 0 Å². The first-order chi connectivity index (χ1) is 14.5. The van der Waals surface area contributed by atoms with Crippen LogP contribution in [0.5, 0.6) is 17.2 Å². The average molecular weight is 415 g/mol. The summed E-state index contributed by atoms with van der Waals surface area (Å²) in [5.41, 5.74) is 0.0675. The Morgan fingerprint density at radius 1 is 1.13 bits per heavy atom. The minimum Gasteiger partial charge on any atom is -0.493 e. The molecule has 0 unspecified atom stereocenters. The van der Waals surface area contributed by atoms with E-state index in [-0.39, 0.29) is 17.9 Å². The molecule has 0 bridgehead atoms. The number of benzene rings is 1. The number of carbonyl (C=O) groups is 1. The highest BCUT2D eigenvalue weighted by molar-refractivity contribution is 5.92. The predicted molar refractivity (Wildman–Crippen MR) is 110 cm³/mol. The van der Waals surface area contributed by atoms with Crippen LogP contribution in [0.2, 0.25) is 0 Å². The van der Waals surface area contributed by atoms with Gasteiger partial charge in [-0.25, -0.2) is 0 Å². The zero-order chi connectivity index (χ0) is 21.3. The van der Waals surface area contributed by atoms with E-state index in [1.54, 1.807) is 33.5 Å². The highest BCUT2D eigenvalue weighted by Crippen LogP contribution is 2.51. The minimum absolute atomic E-state index is 0.0817. The van der Waals surface area contributed by atoms with Crippen molar-refractivity contribution in [1.29, 1.82) is 0 Å². The third kappa shape index (κ3) is 3.41. The summed E-state index contributed by atoms with van der Waals surface area (Å²) >= 11 is 0. The first kappa shape index (κ1) is 20.6. The topological polar surface area (TPSA) is 81.4 Å². The van der Waals surface area contributed by atoms with Gasteiger partial charge in [0.1, 0.15) is 0 Å². The molecule has 1 aromatic heterocycles. The molecule has 1 amide bonds. The number of methoxy groups -OCH3 is 3. The monoisotopic (exact) mass is 415 g/mol. The van der Waals surface area contributed by atoms with Crippen LogP contribution >= 0.6 is 0 Å². The number of hydrogen-bond donors (Lipinski definition) is 1. The summed E-state index contributed by atoms with van der Waals surface area (Å²) in [5, 5.41) is 11.5. The second-order valence-electron chi connectivity index (χ2n) is 8.09. The van der Waals surface area contributed by atoms with Crippen LogP contribution in [-0.4, -0.2) is 49.4 Å². The summed E-state index contributed by atoms with van der Waals surface area (Å²) in [6.07, 6.45) is 5.69. The number of furan rings is 1. The molecule has 1 N–H and O–H groups in total. The van der Waals surface area contributed by atoms with Crippen LogP contribution in [0.25, 0.3) is 0 Å². The number of piperidine rings is 1. The van der Waals surface area contributed by atoms with E-state index in [4.69, 9.17) is 18.6 Å². The summed E-state index contributed by atoms with van der Waals surface area (Å²) in [4.78, 5) is 15.1. The van der Waals surface area contributed by atoms with Crippen molar-refractivity contribution in [2.45, 2.75) is 43.7 Å². The number of aliphatic hydroxyl groups is 1. The van der Waals surface area contributed by atoms with Crippen molar-refractivity contribution < 1.29 is 28.5 Å². The molecule has 30 heavy (non-hydrogen) atoms. The van der Waals surface area contributed by atoms with Crippen LogP contribution in [0, 0.1) is 5.92 Å². The highest BCUT2D eigenvalue weighted by atomic mass is 16.5. The molecule has 0 spiro atoms. The Kier molecular flexibility index (Phi) is 5.64. The number of carbonyl (C=O) groups excluding carboxylic acids is 1. The van der Waals surface area contributed by atoms with Crippen LogP contribution in [0.1, 0.15) is 54.3 Å². The molecule has 2 fully saturated rings. The first-order valence-electron chi connectivity index (χ1n) is 10.4. The lowest BCUT2D eigenvalue weighted by molar-refractivity contribution is -0.115. The molecule has 3 atom stereocenters. The third-order valence-corrected chi connectivity index (χ3v) is 6.59. The maximum atomic E-state index is 13.3. The fourth-order valence-corrected chi connectivity index (χ4v) is 5.14. The van der Waals surface area contributed by atoms with Crippen LogP contribution in [-0.2, 0) is 0 Å². The molecule has 2 aromatic rings. The number of fused-ring (bicyclic) bond motifs is 1. The van der Waals surface area contributed by atoms with Crippen molar-refractivity contribution in [1.82, 2.24) is 4.90 Å². The number of hydrogen-bond acceptors (Lipinski definition) is 6. The molecule has 0 radical (unpaired) electrons. The van der Waals surface area contributed by atoms with Gasteiger partial charge in [0.15, 0.2) is 17.3 Å². The summed E-state index contributed by atoms with van der Waals surface area (Å²) in [5.74, 6) is 1.61. The maximum Gasteiger partial charge on any atom is 0.290 e. The van der Waals surface area contributed by atoms with Gasteiger partial charge in [0.25, 0.3) is 5.91 Å². The van der Waals surface area contributed by atoms with Gasteiger partial charge in [-0.3, -0.25) is 4.79 Å². The predicted octanol–water partition coefficient (Wildman–Crippen LogP) is 3.81. The van der Waals surface area contributed by atoms with Crippen molar-refractivity contribution >= 4 is 5.91 Å². The molecule has 7 nitrogen and oxygen atoms in total. The van der Waals surface area contributed by atoms with Gasteiger partial charge in [0, 0.05) is 12.5 Å². The van der Waals surface area contributed by atoms with E-state index < -0.39 is 5.60 Å². The van der Waals surface area contributed by atoms with Gasteiger partial charge in [0.2, 0.25) is 5.75 Å². The van der Waals surface area contributed by atoms with Gasteiger partial charge in [-0.1, -0.05) is 12.8 Å². The van der Waals surface area contributed by atoms with Gasteiger partial charge in [0.05, 0.1) is 39.2 Å². The molecular weight excluding hydrogens is 386 g/mol. The van der Waals surface area contributed by atoms with Gasteiger partial charge >= 0.3 is 0 Å². The fraction of sp³-hybridized carbons (Fsp3) is 0.522. The van der Waals surface area contributed by atoms with E-state index >= 15 is 0 Å². The van der Waals surface area contributed by atoms with Crippen LogP contribution < -0.4 is 14.2 Å². The molecule has 1 aliphatic heterocycles. The van der Waals surface area contributed by atoms with E-state index in [1.165, 1.54) is 6.26 Å². The minimum atomic E-state index is -0.788. The van der Waals surface area contributed by atoms with Crippen LogP contribution in [0.4, 0.5) is 0 Å². The SMILES string of the molecule is COc1cc([C@@H]2[C@@H]3CCCC[C@@]3(O)CCN2C(=O)c2ccco2)cc(OC)c1OC. The quantitative estimate of drug-likeness (QED) is 0.800. The van der Waals surface area contributed by atoms with Gasteiger partial charge in [-0.2, -0.15) is 0 Å². The molecule has 162 valence electrons. The zero-order valence-corrected chi connectivity index (χ0v) is 17.7. The number of nitrogens with zero attached hydrogens (tertiary/aromatic N) is 1. The molecule has 2 heterocycles. The Hall–Kier alpha value is -2.67. The van der Waals surface area contributed by atoms with E-state index in [9.17, 15) is 9.90 Å². The summed E-state index contributed by atoms with van der Waals surface area (Å²) in [6, 6.07) is 6.83. The Labute approximate surface area is 176 Å². The van der Waals surface area contributed by atoms with Gasteiger partial charge in [-0.05, 0) is 49.1 Å². The molecule has 2 aliphatic rings. The van der Waals surface area contributed by atoms with E-state index in [2.05, 4.69) is 0 Å². The van der Waals surface area contributed by atoms with Crippen molar-refractivity contribution in [2.75, 3.05) is 27.9 Å². The van der Waals surface area contributed by atoms with E-state index in [0.29, 0.717) is 36.0 Å². The average Bonchev–Trinajstić information content (AvgIpc) is 3.31. The largest absolute Gasteiger partial charge is 0.493 e. The summed E-state index contributed by atoms with van der Waals surface area (Å²) in [7, 11) is 4.71. The Bertz CT molecular complexity index is 870. The lowest BCUT2D eigenvalue weighted by Gasteiger charge is -2.52. The fourth-order valence-electron chi connectivity index (χ4n) is 5.14. The zero-order valence-electron chi connectivity index (χ0n) is 17.7. The number of amides is 1. The van der Waals surface area contributed by atoms with Crippen molar-refractivity contribution in [3.05, 3.63) is 41.9 Å². The summed E-state index contributed by atoms with van der Waals surface area (Å²) in [6.45, 7) is 0.452. The first-order valence-corrected chi connectivity index (χ1v) is 10.4. The Morgan fingerprint density at radius 3 is 2.47 bits per heavy atom. The van der Waals surface area contributed by atoms with Crippen LogP contribution in [0.15, 0.2) is 34.9 Å². The second-order valence-corrected chi connectivity index (χ2v) is 8.09. The van der Waals surface area contributed by atoms with E-state index in [1.807, 2.05) is 17.0 Å². The lowest BCUT2D eigenvalue weighted by atomic mass is 9.66. The second kappa shape index (κ2) is 8.22. The third-order valence-electron chi connectivity index (χ3n) is 6.59. The Balaban J connectivity index is 1.83. The van der Waals surface area contributed by atoms with Crippen molar-refractivity contribution in [2.24, 2.45) is 5.92 Å². The standard InChI is InChI=1S/C23H29NO6/c1-27-18-13-15(14-19(28-2)21(18)29-3)20-16-7-4-5-9-23(16,26)10-11-24(20)22(25)17-8-6-12-30-17/h6,8,12-14,16,20,26H,4-5,7,9-11H2,1-3H3/t16-,20+,23+/m0/s1. The Morgan fingerprint density at radius 2 is 1.87 bits per heavy atom. The van der Waals surface area contributed by atoms with Gasteiger partial charge < -0.3 is 28.6 Å². The molecule has 1 aliphatic carbocycles. The maximum absolute atomic E-state index is 13.3. The van der Waals surface area contributed by atoms with Crippen molar-refractivity contribution in [3.8, 4) is 17.2 Å². The molecule has 4 rings (SSSR count). The van der Waals surface area contributed by atoms with Gasteiger partial charge in [-0.15, -0.1) is 0 Å². The molecule has 7 heteroatoms. The number of rotatable bonds is 5. The molecular formula is C23H29NO6.